The van der Waals surface area contributed by atoms with Crippen molar-refractivity contribution in [3.05, 3.63) is 58.1 Å². The molecular formula is C22H28ClNO2S. The van der Waals surface area contributed by atoms with E-state index >= 15 is 0 Å². The van der Waals surface area contributed by atoms with Gasteiger partial charge in [0.2, 0.25) is 5.91 Å². The average Bonchev–Trinajstić information content (AvgIpc) is 2.62. The molecule has 0 aliphatic rings. The third-order valence-electron chi connectivity index (χ3n) is 4.50. The van der Waals surface area contributed by atoms with Crippen molar-refractivity contribution in [3.63, 3.8) is 0 Å². The van der Waals surface area contributed by atoms with E-state index in [2.05, 4.69) is 38.2 Å². The van der Waals surface area contributed by atoms with Gasteiger partial charge in [-0.2, -0.15) is 0 Å². The zero-order chi connectivity index (χ0) is 20.0. The Morgan fingerprint density at radius 1 is 1.15 bits per heavy atom. The van der Waals surface area contributed by atoms with Crippen LogP contribution in [-0.2, 0) is 4.79 Å². The van der Waals surface area contributed by atoms with E-state index in [1.165, 1.54) is 0 Å². The first-order chi connectivity index (χ1) is 12.8. The van der Waals surface area contributed by atoms with Gasteiger partial charge in [0.1, 0.15) is 5.75 Å². The molecule has 2 rings (SSSR count). The van der Waals surface area contributed by atoms with Crippen molar-refractivity contribution >= 4 is 29.3 Å². The minimum atomic E-state index is -0.0403. The Kier molecular flexibility index (Phi) is 8.06. The molecule has 0 unspecified atom stereocenters. The normalized spacial score (nSPS) is 12.1. The van der Waals surface area contributed by atoms with E-state index in [9.17, 15) is 4.79 Å². The molecule has 0 aromatic heterocycles. The van der Waals surface area contributed by atoms with Gasteiger partial charge in [0.05, 0.1) is 13.2 Å². The molecule has 1 N–H and O–H groups in total. The average molecular weight is 406 g/mol. The van der Waals surface area contributed by atoms with Gasteiger partial charge in [-0.15, -0.1) is 11.8 Å². The van der Waals surface area contributed by atoms with Crippen LogP contribution in [0, 0.1) is 6.92 Å². The summed E-state index contributed by atoms with van der Waals surface area (Å²) in [7, 11) is 1.70. The molecule has 3 nitrogen and oxygen atoms in total. The lowest BCUT2D eigenvalue weighted by atomic mass is 9.93. The van der Waals surface area contributed by atoms with Crippen LogP contribution in [0.3, 0.4) is 0 Å². The molecule has 0 fully saturated rings. The lowest BCUT2D eigenvalue weighted by Crippen LogP contribution is -2.27. The van der Waals surface area contributed by atoms with E-state index < -0.39 is 0 Å². The minimum absolute atomic E-state index is 0.0403. The molecule has 0 heterocycles. The van der Waals surface area contributed by atoms with E-state index in [0.29, 0.717) is 12.3 Å². The summed E-state index contributed by atoms with van der Waals surface area (Å²) < 4.78 is 5.51. The number of aryl methyl sites for hydroxylation is 1. The molecule has 0 saturated carbocycles. The Balaban J connectivity index is 1.95. The fraction of sp³-hybridized carbons (Fsp3) is 0.409. The number of rotatable bonds is 8. The fourth-order valence-corrected chi connectivity index (χ4v) is 3.97. The standard InChI is InChI=1S/C22H28ClNO2S/c1-14(2)19-13-20(15(3)12-21(19)26-5)16(4)24-22(25)10-11-27-18-8-6-17(23)7-9-18/h6-9,12-14,16H,10-11H2,1-5H3,(H,24,25)/t16-/m1/s1. The van der Waals surface area contributed by atoms with E-state index in [1.807, 2.05) is 31.2 Å². The van der Waals surface area contributed by atoms with Crippen LogP contribution < -0.4 is 10.1 Å². The van der Waals surface area contributed by atoms with E-state index in [1.54, 1.807) is 18.9 Å². The van der Waals surface area contributed by atoms with Crippen LogP contribution in [0.15, 0.2) is 41.3 Å². The molecule has 27 heavy (non-hydrogen) atoms. The quantitative estimate of drug-likeness (QED) is 0.536. The highest BCUT2D eigenvalue weighted by Gasteiger charge is 2.16. The molecule has 1 amide bonds. The first-order valence-electron chi connectivity index (χ1n) is 9.18. The van der Waals surface area contributed by atoms with Gasteiger partial charge in [-0.05, 0) is 72.9 Å². The lowest BCUT2D eigenvalue weighted by Gasteiger charge is -2.21. The monoisotopic (exact) mass is 405 g/mol. The van der Waals surface area contributed by atoms with Crippen molar-refractivity contribution in [1.82, 2.24) is 5.32 Å². The topological polar surface area (TPSA) is 38.3 Å². The predicted molar refractivity (Wildman–Crippen MR) is 115 cm³/mol. The summed E-state index contributed by atoms with van der Waals surface area (Å²) in [4.78, 5) is 13.5. The molecule has 0 aliphatic heterocycles. The molecule has 0 spiro atoms. The number of methoxy groups -OCH3 is 1. The molecule has 0 saturated heterocycles. The molecule has 146 valence electrons. The van der Waals surface area contributed by atoms with Crippen molar-refractivity contribution in [1.29, 1.82) is 0 Å². The maximum Gasteiger partial charge on any atom is 0.221 e. The number of amides is 1. The number of carbonyl (C=O) groups excluding carboxylic acids is 1. The van der Waals surface area contributed by atoms with Crippen LogP contribution in [0.4, 0.5) is 0 Å². The van der Waals surface area contributed by atoms with Crippen LogP contribution in [0.25, 0.3) is 0 Å². The number of hydrogen-bond donors (Lipinski definition) is 1. The lowest BCUT2D eigenvalue weighted by molar-refractivity contribution is -0.121. The van der Waals surface area contributed by atoms with Crippen molar-refractivity contribution in [2.75, 3.05) is 12.9 Å². The highest BCUT2D eigenvalue weighted by atomic mass is 35.5. The van der Waals surface area contributed by atoms with Crippen LogP contribution in [0.1, 0.15) is 55.8 Å². The minimum Gasteiger partial charge on any atom is -0.496 e. The molecule has 0 bridgehead atoms. The smallest absolute Gasteiger partial charge is 0.221 e. The zero-order valence-electron chi connectivity index (χ0n) is 16.6. The van der Waals surface area contributed by atoms with Gasteiger partial charge < -0.3 is 10.1 Å². The SMILES string of the molecule is COc1cc(C)c([C@@H](C)NC(=O)CCSc2ccc(Cl)cc2)cc1C(C)C. The van der Waals surface area contributed by atoms with Crippen molar-refractivity contribution in [2.45, 2.75) is 51.0 Å². The highest BCUT2D eigenvalue weighted by Crippen LogP contribution is 2.32. The molecule has 0 aliphatic carbocycles. The van der Waals surface area contributed by atoms with Crippen LogP contribution >= 0.6 is 23.4 Å². The summed E-state index contributed by atoms with van der Waals surface area (Å²) in [5.41, 5.74) is 3.43. The van der Waals surface area contributed by atoms with Gasteiger partial charge in [-0.3, -0.25) is 4.79 Å². The molecule has 2 aromatic carbocycles. The van der Waals surface area contributed by atoms with E-state index in [4.69, 9.17) is 16.3 Å². The van der Waals surface area contributed by atoms with Gasteiger partial charge >= 0.3 is 0 Å². The second kappa shape index (κ2) is 10.0. The van der Waals surface area contributed by atoms with Crippen molar-refractivity contribution in [3.8, 4) is 5.75 Å². The number of benzene rings is 2. The number of halogens is 1. The van der Waals surface area contributed by atoms with Crippen LogP contribution in [-0.4, -0.2) is 18.8 Å². The summed E-state index contributed by atoms with van der Waals surface area (Å²) in [6.45, 7) is 8.38. The van der Waals surface area contributed by atoms with Crippen LogP contribution in [0.5, 0.6) is 5.75 Å². The summed E-state index contributed by atoms with van der Waals surface area (Å²) in [6, 6.07) is 11.9. The summed E-state index contributed by atoms with van der Waals surface area (Å²) >= 11 is 7.55. The van der Waals surface area contributed by atoms with Gasteiger partial charge in [0, 0.05) is 22.1 Å². The Morgan fingerprint density at radius 2 is 1.81 bits per heavy atom. The predicted octanol–water partition coefficient (Wildman–Crippen LogP) is 6.14. The number of thioether (sulfide) groups is 1. The first-order valence-corrected chi connectivity index (χ1v) is 10.5. The van der Waals surface area contributed by atoms with Crippen LogP contribution in [0.2, 0.25) is 5.02 Å². The van der Waals surface area contributed by atoms with E-state index in [-0.39, 0.29) is 11.9 Å². The number of hydrogen-bond acceptors (Lipinski definition) is 3. The Bertz CT molecular complexity index is 775. The number of carbonyl (C=O) groups is 1. The van der Waals surface area contributed by atoms with E-state index in [0.717, 1.165) is 38.1 Å². The maximum atomic E-state index is 12.4. The molecule has 0 radical (unpaired) electrons. The third-order valence-corrected chi connectivity index (χ3v) is 5.76. The first kappa shape index (κ1) is 21.6. The second-order valence-corrected chi connectivity index (χ2v) is 8.55. The summed E-state index contributed by atoms with van der Waals surface area (Å²) in [6.07, 6.45) is 0.476. The molecule has 5 heteroatoms. The molecular weight excluding hydrogens is 378 g/mol. The third kappa shape index (κ3) is 6.18. The Morgan fingerprint density at radius 3 is 2.41 bits per heavy atom. The van der Waals surface area contributed by atoms with Gasteiger partial charge in [-0.1, -0.05) is 25.4 Å². The number of nitrogens with one attached hydrogen (secondary N) is 1. The summed E-state index contributed by atoms with van der Waals surface area (Å²) in [5, 5.41) is 3.85. The van der Waals surface area contributed by atoms with Gasteiger partial charge in [-0.25, -0.2) is 0 Å². The van der Waals surface area contributed by atoms with Crippen molar-refractivity contribution < 1.29 is 9.53 Å². The largest absolute Gasteiger partial charge is 0.496 e. The Labute approximate surface area is 171 Å². The molecule has 2 aromatic rings. The second-order valence-electron chi connectivity index (χ2n) is 6.95. The highest BCUT2D eigenvalue weighted by molar-refractivity contribution is 7.99. The summed E-state index contributed by atoms with van der Waals surface area (Å²) in [5.74, 6) is 2.06. The van der Waals surface area contributed by atoms with Gasteiger partial charge in [0.25, 0.3) is 0 Å². The van der Waals surface area contributed by atoms with Gasteiger partial charge in [0.15, 0.2) is 0 Å². The maximum absolute atomic E-state index is 12.4. The number of ether oxygens (including phenoxy) is 1. The van der Waals surface area contributed by atoms with Crippen molar-refractivity contribution in [2.24, 2.45) is 0 Å². The fourth-order valence-electron chi connectivity index (χ4n) is 2.99. The zero-order valence-corrected chi connectivity index (χ0v) is 18.2. The Hall–Kier alpha value is -1.65. The molecule has 1 atom stereocenters.